The Labute approximate surface area is 228 Å². The molecule has 0 spiro atoms. The molecule has 204 valence electrons. The fourth-order valence-electron chi connectivity index (χ4n) is 4.56. The number of aromatic nitrogens is 2. The van der Waals surface area contributed by atoms with Gasteiger partial charge in [0.05, 0.1) is 22.7 Å². The van der Waals surface area contributed by atoms with E-state index in [1.165, 1.54) is 15.6 Å². The molecule has 0 atom stereocenters. The van der Waals surface area contributed by atoms with Crippen LogP contribution in [0.15, 0.2) is 65.8 Å². The number of carbonyl (C=O) groups excluding carboxylic acids is 1. The molecule has 8 nitrogen and oxygen atoms in total. The fraction of sp³-hybridized carbons (Fsp3) is 0.296. The van der Waals surface area contributed by atoms with Crippen LogP contribution in [0.4, 0.5) is 13.9 Å². The molecule has 0 unspecified atom stereocenters. The number of hydrogen-bond acceptors (Lipinski definition) is 7. The van der Waals surface area contributed by atoms with Crippen LogP contribution in [-0.2, 0) is 21.4 Å². The molecule has 4 aromatic rings. The Balaban J connectivity index is 1.38. The van der Waals surface area contributed by atoms with E-state index < -0.39 is 27.6 Å². The number of halogens is 2. The Morgan fingerprint density at radius 1 is 1.13 bits per heavy atom. The summed E-state index contributed by atoms with van der Waals surface area (Å²) >= 11 is 1.38. The minimum atomic E-state index is -4.03. The van der Waals surface area contributed by atoms with E-state index in [0.717, 1.165) is 22.4 Å². The highest BCUT2D eigenvalue weighted by atomic mass is 32.2. The van der Waals surface area contributed by atoms with Crippen molar-refractivity contribution < 1.29 is 26.7 Å². The van der Waals surface area contributed by atoms with Gasteiger partial charge in [-0.15, -0.1) is 0 Å². The number of thiazole rings is 1. The first-order chi connectivity index (χ1) is 18.8. The molecule has 0 saturated carbocycles. The molecule has 0 N–H and O–H groups in total. The molecular formula is C27H26F2N4O4S2. The second-order valence-electron chi connectivity index (χ2n) is 9.07. The number of anilines is 1. The molecule has 0 bridgehead atoms. The number of rotatable bonds is 8. The Kier molecular flexibility index (Phi) is 7.87. The molecule has 1 aliphatic rings. The van der Waals surface area contributed by atoms with Crippen molar-refractivity contribution in [3.63, 3.8) is 0 Å². The van der Waals surface area contributed by atoms with Crippen LogP contribution in [-0.4, -0.2) is 48.3 Å². The minimum absolute atomic E-state index is 0.0762. The number of benzene rings is 2. The van der Waals surface area contributed by atoms with Crippen molar-refractivity contribution in [3.8, 4) is 5.75 Å². The second-order valence-corrected chi connectivity index (χ2v) is 12.0. The van der Waals surface area contributed by atoms with E-state index in [-0.39, 0.29) is 43.3 Å². The van der Waals surface area contributed by atoms with Crippen LogP contribution in [0, 0.1) is 17.6 Å². The van der Waals surface area contributed by atoms with Crippen LogP contribution in [0.1, 0.15) is 25.3 Å². The highest BCUT2D eigenvalue weighted by Gasteiger charge is 2.35. The third kappa shape index (κ3) is 5.63. The van der Waals surface area contributed by atoms with Gasteiger partial charge in [0.25, 0.3) is 0 Å². The zero-order chi connectivity index (χ0) is 27.6. The molecule has 1 amide bonds. The van der Waals surface area contributed by atoms with Gasteiger partial charge in [0.2, 0.25) is 15.9 Å². The largest absolute Gasteiger partial charge is 0.492 e. The van der Waals surface area contributed by atoms with E-state index in [9.17, 15) is 22.0 Å². The maximum absolute atomic E-state index is 13.9. The number of nitrogens with zero attached hydrogens (tertiary/aromatic N) is 4. The summed E-state index contributed by atoms with van der Waals surface area (Å²) in [4.78, 5) is 24.1. The summed E-state index contributed by atoms with van der Waals surface area (Å²) in [6, 6.07) is 11.8. The van der Waals surface area contributed by atoms with Gasteiger partial charge < -0.3 is 4.74 Å². The molecule has 0 radical (unpaired) electrons. The van der Waals surface area contributed by atoms with Crippen LogP contribution in [0.5, 0.6) is 5.75 Å². The van der Waals surface area contributed by atoms with Crippen molar-refractivity contribution in [2.75, 3.05) is 24.6 Å². The third-order valence-corrected chi connectivity index (χ3v) is 9.50. The maximum Gasteiger partial charge on any atom is 0.243 e. The SMILES string of the molecule is CCOc1cccc2sc(N(Cc3cccnc3)C(=O)C3CCN(S(=O)(=O)c4ccc(F)c(F)c4)CC3)nc12. The van der Waals surface area contributed by atoms with Gasteiger partial charge in [-0.2, -0.15) is 4.31 Å². The quantitative estimate of drug-likeness (QED) is 0.295. The van der Waals surface area contributed by atoms with Gasteiger partial charge in [0, 0.05) is 31.4 Å². The van der Waals surface area contributed by atoms with Crippen molar-refractivity contribution in [2.24, 2.45) is 5.92 Å². The summed E-state index contributed by atoms with van der Waals surface area (Å²) < 4.78 is 60.9. The molecule has 2 aromatic heterocycles. The average Bonchev–Trinajstić information content (AvgIpc) is 3.39. The van der Waals surface area contributed by atoms with Gasteiger partial charge in [-0.1, -0.05) is 23.5 Å². The van der Waals surface area contributed by atoms with E-state index in [1.54, 1.807) is 23.4 Å². The average molecular weight is 573 g/mol. The summed E-state index contributed by atoms with van der Waals surface area (Å²) in [5, 5.41) is 0.517. The zero-order valence-corrected chi connectivity index (χ0v) is 22.7. The van der Waals surface area contributed by atoms with Gasteiger partial charge in [-0.3, -0.25) is 14.7 Å². The number of piperidine rings is 1. The zero-order valence-electron chi connectivity index (χ0n) is 21.1. The Morgan fingerprint density at radius 2 is 1.92 bits per heavy atom. The predicted octanol–water partition coefficient (Wildman–Crippen LogP) is 5.00. The topological polar surface area (TPSA) is 92.7 Å². The van der Waals surface area contributed by atoms with Gasteiger partial charge in [0.1, 0.15) is 11.3 Å². The number of para-hydroxylation sites is 1. The van der Waals surface area contributed by atoms with Crippen molar-refractivity contribution in [3.05, 3.63) is 78.1 Å². The number of carbonyl (C=O) groups is 1. The van der Waals surface area contributed by atoms with E-state index in [4.69, 9.17) is 9.72 Å². The van der Waals surface area contributed by atoms with E-state index in [1.807, 2.05) is 31.2 Å². The van der Waals surface area contributed by atoms with Crippen molar-refractivity contribution in [2.45, 2.75) is 31.2 Å². The fourth-order valence-corrected chi connectivity index (χ4v) is 7.03. The molecule has 1 aliphatic heterocycles. The molecule has 2 aromatic carbocycles. The molecule has 0 aliphatic carbocycles. The molecule has 1 fully saturated rings. The van der Waals surface area contributed by atoms with E-state index in [0.29, 0.717) is 29.1 Å². The molecule has 5 rings (SSSR count). The van der Waals surface area contributed by atoms with Gasteiger partial charge in [-0.25, -0.2) is 22.2 Å². The molecular weight excluding hydrogens is 546 g/mol. The van der Waals surface area contributed by atoms with Crippen LogP contribution in [0.25, 0.3) is 10.2 Å². The lowest BCUT2D eigenvalue weighted by molar-refractivity contribution is -0.123. The van der Waals surface area contributed by atoms with Crippen LogP contribution < -0.4 is 9.64 Å². The monoisotopic (exact) mass is 572 g/mol. The molecule has 1 saturated heterocycles. The molecule has 3 heterocycles. The van der Waals surface area contributed by atoms with Crippen LogP contribution in [0.3, 0.4) is 0 Å². The lowest BCUT2D eigenvalue weighted by Crippen LogP contribution is -2.44. The normalized spacial score (nSPS) is 14.9. The van der Waals surface area contributed by atoms with Crippen LogP contribution in [0.2, 0.25) is 0 Å². The Bertz CT molecular complexity index is 1590. The lowest BCUT2D eigenvalue weighted by atomic mass is 9.96. The summed E-state index contributed by atoms with van der Waals surface area (Å²) in [5.41, 5.74) is 1.50. The van der Waals surface area contributed by atoms with E-state index in [2.05, 4.69) is 4.98 Å². The summed E-state index contributed by atoms with van der Waals surface area (Å²) in [7, 11) is -4.03. The number of fused-ring (bicyclic) bond motifs is 1. The highest BCUT2D eigenvalue weighted by Crippen LogP contribution is 2.36. The standard InChI is InChI=1S/C27H26F2N4O4S2/c1-2-37-23-6-3-7-24-25(23)31-27(38-24)33(17-18-5-4-12-30-16-18)26(34)19-10-13-32(14-11-19)39(35,36)20-8-9-21(28)22(29)15-20/h3-9,12,15-16,19H,2,10-11,13-14,17H2,1H3. The summed E-state index contributed by atoms with van der Waals surface area (Å²) in [6.45, 7) is 2.78. The highest BCUT2D eigenvalue weighted by molar-refractivity contribution is 7.89. The van der Waals surface area contributed by atoms with Crippen molar-refractivity contribution in [1.29, 1.82) is 0 Å². The second kappa shape index (κ2) is 11.3. The number of sulfonamides is 1. The molecule has 12 heteroatoms. The van der Waals surface area contributed by atoms with Crippen molar-refractivity contribution >= 4 is 42.6 Å². The number of amides is 1. The predicted molar refractivity (Wildman–Crippen MR) is 144 cm³/mol. The van der Waals surface area contributed by atoms with Crippen LogP contribution >= 0.6 is 11.3 Å². The minimum Gasteiger partial charge on any atom is -0.492 e. The summed E-state index contributed by atoms with van der Waals surface area (Å²) in [5.74, 6) is -2.31. The first-order valence-corrected chi connectivity index (χ1v) is 14.7. The Hall–Kier alpha value is -3.48. The first kappa shape index (κ1) is 27.1. The van der Waals surface area contributed by atoms with Crippen molar-refractivity contribution in [1.82, 2.24) is 14.3 Å². The molecule has 39 heavy (non-hydrogen) atoms. The number of hydrogen-bond donors (Lipinski definition) is 0. The lowest BCUT2D eigenvalue weighted by Gasteiger charge is -2.33. The first-order valence-electron chi connectivity index (χ1n) is 12.5. The summed E-state index contributed by atoms with van der Waals surface area (Å²) in [6.07, 6.45) is 3.90. The van der Waals surface area contributed by atoms with Gasteiger partial charge >= 0.3 is 0 Å². The Morgan fingerprint density at radius 3 is 2.62 bits per heavy atom. The third-order valence-electron chi connectivity index (χ3n) is 6.56. The smallest absolute Gasteiger partial charge is 0.243 e. The number of ether oxygens (including phenoxy) is 1. The number of pyridine rings is 1. The van der Waals surface area contributed by atoms with E-state index >= 15 is 0 Å². The van der Waals surface area contributed by atoms with Gasteiger partial charge in [0.15, 0.2) is 16.8 Å². The van der Waals surface area contributed by atoms with Gasteiger partial charge in [-0.05, 0) is 61.7 Å². The maximum atomic E-state index is 13.9.